The fourth-order valence-electron chi connectivity index (χ4n) is 3.46. The fourth-order valence-corrected chi connectivity index (χ4v) is 5.68. The Bertz CT molecular complexity index is 635. The van der Waals surface area contributed by atoms with Crippen LogP contribution < -0.4 is 4.90 Å². The SMILES string of the molecule is COCCN1C[C@H]2CCN(c3ncc(C)cn3)CC[C@H]2S1(=O)=O. The van der Waals surface area contributed by atoms with Crippen LogP contribution in [0.2, 0.25) is 0 Å². The van der Waals surface area contributed by atoms with E-state index in [-0.39, 0.29) is 11.2 Å². The third kappa shape index (κ3) is 3.34. The van der Waals surface area contributed by atoms with Gasteiger partial charge in [0.2, 0.25) is 16.0 Å². The van der Waals surface area contributed by atoms with E-state index >= 15 is 0 Å². The maximum Gasteiger partial charge on any atom is 0.225 e. The molecule has 0 radical (unpaired) electrons. The third-order valence-electron chi connectivity index (χ3n) is 4.75. The number of ether oxygens (including phenoxy) is 1. The number of anilines is 1. The molecule has 2 aliphatic heterocycles. The lowest BCUT2D eigenvalue weighted by atomic mass is 10.0. The summed E-state index contributed by atoms with van der Waals surface area (Å²) in [5.74, 6) is 0.886. The van der Waals surface area contributed by atoms with Crippen LogP contribution >= 0.6 is 0 Å². The Kier molecular flexibility index (Phi) is 4.84. The molecule has 2 atom stereocenters. The van der Waals surface area contributed by atoms with Gasteiger partial charge in [0.15, 0.2) is 0 Å². The van der Waals surface area contributed by atoms with Crippen molar-refractivity contribution >= 4 is 16.0 Å². The average Bonchev–Trinajstić information content (AvgIpc) is 2.68. The first-order chi connectivity index (χ1) is 11.0. The van der Waals surface area contributed by atoms with Gasteiger partial charge < -0.3 is 9.64 Å². The molecule has 0 bridgehead atoms. The van der Waals surface area contributed by atoms with Gasteiger partial charge in [0.05, 0.1) is 11.9 Å². The van der Waals surface area contributed by atoms with Crippen molar-refractivity contribution in [3.8, 4) is 0 Å². The van der Waals surface area contributed by atoms with E-state index in [9.17, 15) is 8.42 Å². The maximum absolute atomic E-state index is 12.7. The molecular weight excluding hydrogens is 316 g/mol. The number of aryl methyl sites for hydroxylation is 1. The highest BCUT2D eigenvalue weighted by molar-refractivity contribution is 7.90. The summed E-state index contributed by atoms with van der Waals surface area (Å²) >= 11 is 0. The van der Waals surface area contributed by atoms with Crippen LogP contribution in [0.3, 0.4) is 0 Å². The minimum Gasteiger partial charge on any atom is -0.383 e. The van der Waals surface area contributed by atoms with Crippen LogP contribution in [0.1, 0.15) is 18.4 Å². The molecule has 0 amide bonds. The zero-order valence-corrected chi connectivity index (χ0v) is 14.5. The van der Waals surface area contributed by atoms with Crippen molar-refractivity contribution in [2.75, 3.05) is 44.8 Å². The number of aromatic nitrogens is 2. The quantitative estimate of drug-likeness (QED) is 0.802. The van der Waals surface area contributed by atoms with Gasteiger partial charge >= 0.3 is 0 Å². The van der Waals surface area contributed by atoms with E-state index in [1.165, 1.54) is 0 Å². The van der Waals surface area contributed by atoms with Gasteiger partial charge in [-0.1, -0.05) is 0 Å². The zero-order chi connectivity index (χ0) is 16.4. The van der Waals surface area contributed by atoms with E-state index < -0.39 is 10.0 Å². The molecule has 0 N–H and O–H groups in total. The molecule has 2 saturated heterocycles. The van der Waals surface area contributed by atoms with E-state index in [2.05, 4.69) is 14.9 Å². The van der Waals surface area contributed by atoms with Crippen LogP contribution in [0.25, 0.3) is 0 Å². The molecule has 0 aromatic carbocycles. The smallest absolute Gasteiger partial charge is 0.225 e. The summed E-state index contributed by atoms with van der Waals surface area (Å²) in [6.45, 7) is 4.95. The Morgan fingerprint density at radius 3 is 2.65 bits per heavy atom. The second kappa shape index (κ2) is 6.70. The molecule has 8 heteroatoms. The second-order valence-electron chi connectivity index (χ2n) is 6.32. The first-order valence-corrected chi connectivity index (χ1v) is 9.54. The third-order valence-corrected chi connectivity index (χ3v) is 7.19. The van der Waals surface area contributed by atoms with Crippen LogP contribution in [0, 0.1) is 12.8 Å². The number of methoxy groups -OCH3 is 1. The molecule has 2 fully saturated rings. The Labute approximate surface area is 137 Å². The molecule has 23 heavy (non-hydrogen) atoms. The zero-order valence-electron chi connectivity index (χ0n) is 13.7. The number of fused-ring (bicyclic) bond motifs is 1. The van der Waals surface area contributed by atoms with E-state index in [0.29, 0.717) is 38.6 Å². The lowest BCUT2D eigenvalue weighted by Gasteiger charge is -2.21. The molecule has 0 saturated carbocycles. The van der Waals surface area contributed by atoms with Crippen LogP contribution in [0.4, 0.5) is 5.95 Å². The van der Waals surface area contributed by atoms with E-state index in [1.807, 2.05) is 6.92 Å². The van der Waals surface area contributed by atoms with Gasteiger partial charge in [-0.3, -0.25) is 0 Å². The molecule has 0 aliphatic carbocycles. The topological polar surface area (TPSA) is 75.6 Å². The summed E-state index contributed by atoms with van der Waals surface area (Å²) in [6, 6.07) is 0. The average molecular weight is 340 g/mol. The van der Waals surface area contributed by atoms with Gasteiger partial charge in [-0.05, 0) is 31.2 Å². The second-order valence-corrected chi connectivity index (χ2v) is 8.47. The van der Waals surface area contributed by atoms with Gasteiger partial charge in [-0.25, -0.2) is 18.4 Å². The molecule has 128 valence electrons. The van der Waals surface area contributed by atoms with Gasteiger partial charge in [-0.15, -0.1) is 0 Å². The number of hydrogen-bond donors (Lipinski definition) is 0. The Morgan fingerprint density at radius 2 is 1.96 bits per heavy atom. The summed E-state index contributed by atoms with van der Waals surface area (Å²) in [5.41, 5.74) is 1.02. The summed E-state index contributed by atoms with van der Waals surface area (Å²) in [4.78, 5) is 10.8. The van der Waals surface area contributed by atoms with Crippen LogP contribution in [0.5, 0.6) is 0 Å². The molecule has 1 aromatic rings. The normalized spacial score (nSPS) is 27.7. The number of rotatable bonds is 4. The fraction of sp³-hybridized carbons (Fsp3) is 0.733. The summed E-state index contributed by atoms with van der Waals surface area (Å²) in [6.07, 6.45) is 5.09. The van der Waals surface area contributed by atoms with E-state index in [0.717, 1.165) is 18.5 Å². The Hall–Kier alpha value is -1.25. The lowest BCUT2D eigenvalue weighted by molar-refractivity contribution is 0.178. The molecule has 1 aromatic heterocycles. The van der Waals surface area contributed by atoms with Gasteiger partial charge in [-0.2, -0.15) is 4.31 Å². The highest BCUT2D eigenvalue weighted by Crippen LogP contribution is 2.34. The predicted molar refractivity (Wildman–Crippen MR) is 87.9 cm³/mol. The van der Waals surface area contributed by atoms with Gasteiger partial charge in [0.25, 0.3) is 0 Å². The minimum absolute atomic E-state index is 0.187. The maximum atomic E-state index is 12.7. The van der Waals surface area contributed by atoms with Crippen LogP contribution in [-0.2, 0) is 14.8 Å². The van der Waals surface area contributed by atoms with Crippen LogP contribution in [0.15, 0.2) is 12.4 Å². The van der Waals surface area contributed by atoms with E-state index in [4.69, 9.17) is 4.74 Å². The van der Waals surface area contributed by atoms with Crippen molar-refractivity contribution in [1.82, 2.24) is 14.3 Å². The van der Waals surface area contributed by atoms with Crippen molar-refractivity contribution in [3.05, 3.63) is 18.0 Å². The Morgan fingerprint density at radius 1 is 1.26 bits per heavy atom. The molecule has 7 nitrogen and oxygen atoms in total. The van der Waals surface area contributed by atoms with E-state index in [1.54, 1.807) is 23.8 Å². The highest BCUT2D eigenvalue weighted by Gasteiger charge is 2.46. The number of sulfonamides is 1. The summed E-state index contributed by atoms with van der Waals surface area (Å²) in [7, 11) is -1.61. The van der Waals surface area contributed by atoms with Crippen molar-refractivity contribution in [3.63, 3.8) is 0 Å². The standard InChI is InChI=1S/C15H24N4O3S/c1-12-9-16-15(17-10-12)18-5-3-13-11-19(7-8-22-2)23(20,21)14(13)4-6-18/h9-10,13-14H,3-8,11H2,1-2H3/t13-,14-/m1/s1. The van der Waals surface area contributed by atoms with Crippen molar-refractivity contribution in [1.29, 1.82) is 0 Å². The van der Waals surface area contributed by atoms with Gasteiger partial charge in [0, 0.05) is 45.7 Å². The van der Waals surface area contributed by atoms with Crippen molar-refractivity contribution in [2.24, 2.45) is 5.92 Å². The van der Waals surface area contributed by atoms with Gasteiger partial charge in [0.1, 0.15) is 0 Å². The number of nitrogens with zero attached hydrogens (tertiary/aromatic N) is 4. The largest absolute Gasteiger partial charge is 0.383 e. The molecule has 3 heterocycles. The highest BCUT2D eigenvalue weighted by atomic mass is 32.2. The first-order valence-electron chi connectivity index (χ1n) is 8.04. The predicted octanol–water partition coefficient (Wildman–Crippen LogP) is 0.662. The first kappa shape index (κ1) is 16.6. The summed E-state index contributed by atoms with van der Waals surface area (Å²) < 4.78 is 32.0. The monoisotopic (exact) mass is 340 g/mol. The molecule has 3 rings (SSSR count). The van der Waals surface area contributed by atoms with Crippen molar-refractivity contribution < 1.29 is 13.2 Å². The lowest BCUT2D eigenvalue weighted by Crippen LogP contribution is -2.34. The van der Waals surface area contributed by atoms with Crippen molar-refractivity contribution in [2.45, 2.75) is 25.0 Å². The summed E-state index contributed by atoms with van der Waals surface area (Å²) in [5, 5.41) is -0.283. The molecule has 2 aliphatic rings. The Balaban J connectivity index is 1.70. The number of hydrogen-bond acceptors (Lipinski definition) is 6. The molecular formula is C15H24N4O3S. The van der Waals surface area contributed by atoms with Crippen LogP contribution in [-0.4, -0.2) is 67.8 Å². The molecule has 0 spiro atoms. The molecule has 0 unspecified atom stereocenters. The minimum atomic E-state index is -3.21.